The van der Waals surface area contributed by atoms with E-state index in [1.807, 2.05) is 49.4 Å². The number of aliphatic hydroxyl groups is 2. The van der Waals surface area contributed by atoms with Crippen LogP contribution in [0.1, 0.15) is 42.7 Å². The maximum absolute atomic E-state index is 13.5. The summed E-state index contributed by atoms with van der Waals surface area (Å²) in [5, 5.41) is 18.4. The third-order valence-corrected chi connectivity index (χ3v) is 7.35. The molecule has 0 radical (unpaired) electrons. The van der Waals surface area contributed by atoms with E-state index in [0.29, 0.717) is 17.7 Å². The number of hydrogen-bond acceptors (Lipinski definition) is 6. The van der Waals surface area contributed by atoms with E-state index in [-0.39, 0.29) is 47.6 Å². The van der Waals surface area contributed by atoms with E-state index in [4.69, 9.17) is 9.47 Å². The van der Waals surface area contributed by atoms with Crippen LogP contribution in [0.25, 0.3) is 11.1 Å². The Labute approximate surface area is 219 Å². The van der Waals surface area contributed by atoms with Crippen LogP contribution in [0.5, 0.6) is 11.5 Å². The maximum Gasteiger partial charge on any atom is 0.254 e. The van der Waals surface area contributed by atoms with Gasteiger partial charge in [0, 0.05) is 27.9 Å². The molecule has 1 saturated carbocycles. The van der Waals surface area contributed by atoms with Crippen LogP contribution in [0.2, 0.25) is 0 Å². The molecule has 37 heavy (non-hydrogen) atoms. The van der Waals surface area contributed by atoms with Crippen LogP contribution in [-0.2, 0) is 16.6 Å². The Kier molecular flexibility index (Phi) is 7.00. The summed E-state index contributed by atoms with van der Waals surface area (Å²) in [5.74, 6) is 1.39. The van der Waals surface area contributed by atoms with E-state index >= 15 is 0 Å². The number of carbonyl (C=O) groups is 2. The standard InChI is InChI=1S/C30H31NO6.2H2/c1-20-2-3-21(17-28(34)30(10-11-30)24-8-9-26-27(18-24)37-19-36-26)16-25(20)22-4-6-23(7-5-22)29(35)31(12-14-32)13-15-33;;/h2-9,16,18,32-33H,10-15,17,19H2,1H3;2*1H. The summed E-state index contributed by atoms with van der Waals surface area (Å²) < 4.78 is 10.9. The summed E-state index contributed by atoms with van der Waals surface area (Å²) in [6.07, 6.45) is 2.02. The van der Waals surface area contributed by atoms with Gasteiger partial charge >= 0.3 is 0 Å². The van der Waals surface area contributed by atoms with E-state index in [2.05, 4.69) is 6.07 Å². The molecule has 0 spiro atoms. The summed E-state index contributed by atoms with van der Waals surface area (Å²) in [6.45, 7) is 2.26. The van der Waals surface area contributed by atoms with Gasteiger partial charge in [-0.25, -0.2) is 0 Å². The summed E-state index contributed by atoms with van der Waals surface area (Å²) in [7, 11) is 0. The first-order valence-corrected chi connectivity index (χ1v) is 12.6. The third kappa shape index (κ3) is 4.97. The molecule has 3 aromatic rings. The number of amides is 1. The van der Waals surface area contributed by atoms with Crippen LogP contribution >= 0.6 is 0 Å². The van der Waals surface area contributed by atoms with Gasteiger partial charge in [0.15, 0.2) is 11.5 Å². The normalized spacial score (nSPS) is 14.9. The van der Waals surface area contributed by atoms with Gasteiger partial charge in [0.25, 0.3) is 5.91 Å². The largest absolute Gasteiger partial charge is 0.454 e. The van der Waals surface area contributed by atoms with Crippen LogP contribution < -0.4 is 9.47 Å². The minimum atomic E-state index is -0.455. The molecule has 2 N–H and O–H groups in total. The molecule has 196 valence electrons. The molecule has 3 aromatic carbocycles. The van der Waals surface area contributed by atoms with Crippen molar-refractivity contribution < 1.29 is 32.1 Å². The zero-order valence-electron chi connectivity index (χ0n) is 20.9. The van der Waals surface area contributed by atoms with E-state index < -0.39 is 5.41 Å². The van der Waals surface area contributed by atoms with Gasteiger partial charge in [-0.1, -0.05) is 36.4 Å². The van der Waals surface area contributed by atoms with Gasteiger partial charge < -0.3 is 24.6 Å². The zero-order valence-corrected chi connectivity index (χ0v) is 20.9. The molecule has 1 aliphatic heterocycles. The number of carbonyl (C=O) groups excluding carboxylic acids is 2. The number of aliphatic hydroxyl groups excluding tert-OH is 2. The van der Waals surface area contributed by atoms with Crippen LogP contribution in [0.3, 0.4) is 0 Å². The molecule has 1 fully saturated rings. The molecular weight excluding hydrogens is 470 g/mol. The molecule has 0 aromatic heterocycles. The average Bonchev–Trinajstić information content (AvgIpc) is 3.60. The summed E-state index contributed by atoms with van der Waals surface area (Å²) >= 11 is 0. The zero-order chi connectivity index (χ0) is 26.0. The van der Waals surface area contributed by atoms with Gasteiger partial charge in [0.2, 0.25) is 6.79 Å². The highest BCUT2D eigenvalue weighted by Crippen LogP contribution is 2.51. The van der Waals surface area contributed by atoms with Gasteiger partial charge in [0.05, 0.1) is 18.6 Å². The Morgan fingerprint density at radius 2 is 1.62 bits per heavy atom. The quantitative estimate of drug-likeness (QED) is 0.430. The highest BCUT2D eigenvalue weighted by Gasteiger charge is 2.50. The summed E-state index contributed by atoms with van der Waals surface area (Å²) in [6, 6.07) is 19.2. The second-order valence-corrected chi connectivity index (χ2v) is 9.72. The second-order valence-electron chi connectivity index (χ2n) is 9.72. The lowest BCUT2D eigenvalue weighted by Gasteiger charge is -2.21. The molecule has 7 heteroatoms. The third-order valence-electron chi connectivity index (χ3n) is 7.35. The Morgan fingerprint density at radius 1 is 0.919 bits per heavy atom. The second kappa shape index (κ2) is 10.4. The SMILES string of the molecule is Cc1ccc(CC(=O)C2(c3ccc4c(c3)OCO4)CC2)cc1-c1ccc(C(=O)N(CCO)CCO)cc1.[HH].[HH]. The van der Waals surface area contributed by atoms with Crippen molar-refractivity contribution >= 4 is 11.7 Å². The van der Waals surface area contributed by atoms with Gasteiger partial charge in [0.1, 0.15) is 5.78 Å². The first kappa shape index (κ1) is 25.0. The van der Waals surface area contributed by atoms with Crippen molar-refractivity contribution in [1.82, 2.24) is 4.90 Å². The Hall–Kier alpha value is -3.68. The van der Waals surface area contributed by atoms with Crippen molar-refractivity contribution in [3.8, 4) is 22.6 Å². The van der Waals surface area contributed by atoms with Crippen LogP contribution in [0.4, 0.5) is 0 Å². The predicted molar refractivity (Wildman–Crippen MR) is 143 cm³/mol. The molecule has 1 heterocycles. The van der Waals surface area contributed by atoms with Crippen molar-refractivity contribution in [2.24, 2.45) is 0 Å². The van der Waals surface area contributed by atoms with Gasteiger partial charge in [-0.3, -0.25) is 9.59 Å². The van der Waals surface area contributed by atoms with Gasteiger partial charge in [-0.15, -0.1) is 0 Å². The molecule has 1 amide bonds. The molecule has 0 bridgehead atoms. The van der Waals surface area contributed by atoms with E-state index in [1.54, 1.807) is 12.1 Å². The summed E-state index contributed by atoms with van der Waals surface area (Å²) in [4.78, 5) is 27.6. The Bertz CT molecular complexity index is 1320. The molecule has 2 aliphatic rings. The molecule has 0 atom stereocenters. The summed E-state index contributed by atoms with van der Waals surface area (Å²) in [5.41, 5.74) is 5.03. The molecule has 0 unspecified atom stereocenters. The average molecular weight is 506 g/mol. The molecule has 1 aliphatic carbocycles. The number of aryl methyl sites for hydroxylation is 1. The number of Topliss-reactive ketones (excluding diaryl/α,β-unsaturated/α-hetero) is 1. The lowest BCUT2D eigenvalue weighted by atomic mass is 9.87. The lowest BCUT2D eigenvalue weighted by molar-refractivity contribution is -0.120. The highest BCUT2D eigenvalue weighted by molar-refractivity contribution is 5.96. The maximum atomic E-state index is 13.5. The first-order chi connectivity index (χ1) is 17.9. The minimum absolute atomic E-state index is 0. The Morgan fingerprint density at radius 3 is 2.30 bits per heavy atom. The van der Waals surface area contributed by atoms with Gasteiger partial charge in [-0.2, -0.15) is 0 Å². The minimum Gasteiger partial charge on any atom is -0.454 e. The van der Waals surface area contributed by atoms with Crippen LogP contribution in [0.15, 0.2) is 60.7 Å². The lowest BCUT2D eigenvalue weighted by Crippen LogP contribution is -2.35. The smallest absolute Gasteiger partial charge is 0.254 e. The predicted octanol–water partition coefficient (Wildman–Crippen LogP) is 4.15. The molecular formula is C30H35NO6. The van der Waals surface area contributed by atoms with E-state index in [0.717, 1.165) is 46.4 Å². The fourth-order valence-electron chi connectivity index (χ4n) is 5.02. The van der Waals surface area contributed by atoms with Crippen molar-refractivity contribution in [1.29, 1.82) is 0 Å². The van der Waals surface area contributed by atoms with E-state index in [9.17, 15) is 19.8 Å². The monoisotopic (exact) mass is 505 g/mol. The van der Waals surface area contributed by atoms with E-state index in [1.165, 1.54) is 4.90 Å². The fraction of sp³-hybridized carbons (Fsp3) is 0.333. The number of rotatable bonds is 10. The number of hydrogen-bond donors (Lipinski definition) is 2. The number of nitrogens with zero attached hydrogens (tertiary/aromatic N) is 1. The van der Waals surface area contributed by atoms with Crippen molar-refractivity contribution in [3.63, 3.8) is 0 Å². The number of ether oxygens (including phenoxy) is 2. The topological polar surface area (TPSA) is 96.3 Å². The molecule has 0 saturated heterocycles. The van der Waals surface area contributed by atoms with Gasteiger partial charge in [-0.05, 0) is 71.8 Å². The number of fused-ring (bicyclic) bond motifs is 1. The Balaban J connectivity index is 0.00000210. The van der Waals surface area contributed by atoms with Crippen LogP contribution in [0, 0.1) is 6.92 Å². The molecule has 7 nitrogen and oxygen atoms in total. The van der Waals surface area contributed by atoms with Crippen molar-refractivity contribution in [3.05, 3.63) is 82.9 Å². The van der Waals surface area contributed by atoms with Crippen LogP contribution in [-0.4, -0.2) is 59.9 Å². The van der Waals surface area contributed by atoms with Crippen molar-refractivity contribution in [2.75, 3.05) is 33.1 Å². The first-order valence-electron chi connectivity index (χ1n) is 12.6. The molecule has 5 rings (SSSR count). The highest BCUT2D eigenvalue weighted by atomic mass is 16.7. The van der Waals surface area contributed by atoms with Crippen molar-refractivity contribution in [2.45, 2.75) is 31.6 Å². The number of benzene rings is 3. The number of ketones is 1. The fourth-order valence-corrected chi connectivity index (χ4v) is 5.02.